The van der Waals surface area contributed by atoms with E-state index in [2.05, 4.69) is 0 Å². The molecule has 0 radical (unpaired) electrons. The van der Waals surface area contributed by atoms with Crippen LogP contribution in [0, 0.1) is 0 Å². The average molecular weight is 1620 g/mol. The van der Waals surface area contributed by atoms with Crippen molar-refractivity contribution in [1.29, 1.82) is 0 Å². The number of benzene rings is 12. The van der Waals surface area contributed by atoms with Crippen LogP contribution in [0.15, 0.2) is 364 Å². The van der Waals surface area contributed by atoms with E-state index in [1.807, 2.05) is 41.3 Å². The minimum atomic E-state index is -4.48. The maximum Gasteiger partial charge on any atom is 0.444 e. The highest BCUT2D eigenvalue weighted by atomic mass is 31.2. The van der Waals surface area contributed by atoms with Gasteiger partial charge in [-0.2, -0.15) is 0 Å². The molecule has 1 atom stereocenters. The molecule has 112 heavy (non-hydrogen) atoms. The summed E-state index contributed by atoms with van der Waals surface area (Å²) in [6, 6.07) is 104. The second kappa shape index (κ2) is 40.2. The van der Waals surface area contributed by atoms with Crippen LogP contribution in [0.5, 0.6) is 63.2 Å². The minimum Gasteiger partial charge on any atom is -0.442 e. The maximum absolute atomic E-state index is 16.4. The van der Waals surface area contributed by atoms with Crippen LogP contribution < -0.4 is 49.8 Å². The zero-order valence-electron chi connectivity index (χ0n) is 61.2. The van der Waals surface area contributed by atoms with Crippen LogP contribution in [-0.2, 0) is 33.6 Å². The first-order valence-electron chi connectivity index (χ1n) is 36.1. The lowest BCUT2D eigenvalue weighted by atomic mass is 10.2. The summed E-state index contributed by atoms with van der Waals surface area (Å²) in [5.74, 6) is 2.53. The Bertz CT molecular complexity index is 4000. The molecule has 0 spiro atoms. The predicted molar refractivity (Wildman–Crippen MR) is 439 cm³/mol. The third-order valence-corrected chi connectivity index (χ3v) is 27.5. The number of para-hydroxylation sites is 11. The van der Waals surface area contributed by atoms with Gasteiger partial charge in [-0.1, -0.05) is 231 Å². The summed E-state index contributed by atoms with van der Waals surface area (Å²) < 4.78 is 169. The van der Waals surface area contributed by atoms with Gasteiger partial charge < -0.3 is 49.8 Å². The van der Waals surface area contributed by atoms with E-state index in [0.29, 0.717) is 11.3 Å². The SMILES string of the molecule is O=P(Cc1ccccc1)(CN(CCN(CCN(CP(=O)(Oc1ccccc1)Oc1ccccc1)CP(=O)(Oc1ccccc1)Oc1ccccc1)CCN(CP(=O)(Oc1ccccc1)Oc1ccccc1)CP(=O)(Oc1ccccc1)Oc1ccccc1)CP(=O)(Oc1ccccc1)Oc1ccccc1)Oc1ccccc1. The molecule has 0 aliphatic heterocycles. The van der Waals surface area contributed by atoms with E-state index in [4.69, 9.17) is 49.8 Å². The monoisotopic (exact) mass is 1620 g/mol. The van der Waals surface area contributed by atoms with Crippen molar-refractivity contribution < 1.29 is 77.2 Å². The molecule has 0 saturated carbocycles. The van der Waals surface area contributed by atoms with E-state index >= 15 is 27.4 Å². The first kappa shape index (κ1) is 81.2. The zero-order valence-corrected chi connectivity index (χ0v) is 66.6. The molecule has 1 unspecified atom stereocenters. The molecule has 21 nitrogen and oxygen atoms in total. The molecule has 12 aromatic carbocycles. The molecule has 0 bridgehead atoms. The standard InChI is InChI=1S/C85H86N4O17P6/c90-107(67-74-37-13-1-14-38-74,96-75-39-15-2-16-40-75)68-87(69-108(91,97-76-41-17-3-18-42-76)98-77-43-19-4-20-44-77)64-61-86(62-65-88(70-109(92,99-78-45-21-5-22-46-78)100-79-47-23-6-24-48-79)71-110(93,101-80-49-25-7-26-50-80)102-81-51-27-8-28-52-81)63-66-89(72-111(94,103-82-53-29-9-30-54-82)104-83-55-31-10-32-56-83)73-112(95,105-84-57-33-11-34-58-84)106-85-59-35-12-36-60-85/h1-60H,61-73H2. The van der Waals surface area contributed by atoms with Crippen LogP contribution in [0.4, 0.5) is 0 Å². The van der Waals surface area contributed by atoms with Crippen molar-refractivity contribution in [3.63, 3.8) is 0 Å². The van der Waals surface area contributed by atoms with Crippen molar-refractivity contribution in [1.82, 2.24) is 19.6 Å². The Balaban J connectivity index is 0.991. The quantitative estimate of drug-likeness (QED) is 0.0324. The highest BCUT2D eigenvalue weighted by molar-refractivity contribution is 7.59. The molecule has 0 saturated heterocycles. The summed E-state index contributed by atoms with van der Waals surface area (Å²) in [4.78, 5) is 6.98. The van der Waals surface area contributed by atoms with Crippen molar-refractivity contribution in [2.24, 2.45) is 0 Å². The Morgan fingerprint density at radius 3 is 0.491 bits per heavy atom. The second-order valence-corrected chi connectivity index (χ2v) is 37.6. The van der Waals surface area contributed by atoms with E-state index in [1.54, 1.807) is 342 Å². The number of hydrogen-bond donors (Lipinski definition) is 0. The fourth-order valence-electron chi connectivity index (χ4n) is 11.7. The maximum atomic E-state index is 16.4. The van der Waals surface area contributed by atoms with E-state index in [-0.39, 0.29) is 109 Å². The van der Waals surface area contributed by atoms with Crippen LogP contribution in [-0.4, -0.2) is 96.6 Å². The molecule has 27 heteroatoms. The summed E-state index contributed by atoms with van der Waals surface area (Å²) in [7, 11) is -26.4. The zero-order chi connectivity index (χ0) is 77.6. The molecule has 0 aromatic heterocycles. The van der Waals surface area contributed by atoms with Gasteiger partial charge >= 0.3 is 38.0 Å². The van der Waals surface area contributed by atoms with Gasteiger partial charge in [-0.05, 0) is 139 Å². The summed E-state index contributed by atoms with van der Waals surface area (Å²) in [5, 5.41) is 0. The summed E-state index contributed by atoms with van der Waals surface area (Å²) in [5.41, 5.74) is 0.705. The van der Waals surface area contributed by atoms with E-state index in [9.17, 15) is 0 Å². The van der Waals surface area contributed by atoms with Crippen molar-refractivity contribution in [3.05, 3.63) is 370 Å². The van der Waals surface area contributed by atoms with Gasteiger partial charge in [0.25, 0.3) is 7.37 Å². The normalized spacial score (nSPS) is 12.5. The fraction of sp³-hybridized carbons (Fsp3) is 0.153. The summed E-state index contributed by atoms with van der Waals surface area (Å²) in [6.45, 7) is -0.409. The van der Waals surface area contributed by atoms with E-state index in [0.717, 1.165) is 0 Å². The number of rotatable bonds is 45. The molecule has 0 fully saturated rings. The Hall–Kier alpha value is -10.3. The lowest BCUT2D eigenvalue weighted by Crippen LogP contribution is -2.45. The predicted octanol–water partition coefficient (Wildman–Crippen LogP) is 22.3. The van der Waals surface area contributed by atoms with Crippen LogP contribution in [0.2, 0.25) is 0 Å². The largest absolute Gasteiger partial charge is 0.444 e. The molecule has 0 amide bonds. The minimum absolute atomic E-state index is 0.0101. The number of nitrogens with zero attached hydrogens (tertiary/aromatic N) is 4. The molecule has 0 N–H and O–H groups in total. The topological polar surface area (TPSA) is 217 Å². The van der Waals surface area contributed by atoms with Crippen molar-refractivity contribution in [3.8, 4) is 63.2 Å². The van der Waals surface area contributed by atoms with Gasteiger partial charge in [-0.3, -0.25) is 24.2 Å². The first-order chi connectivity index (χ1) is 54.5. The van der Waals surface area contributed by atoms with Crippen molar-refractivity contribution >= 4 is 45.3 Å². The van der Waals surface area contributed by atoms with E-state index < -0.39 is 76.8 Å². The van der Waals surface area contributed by atoms with Gasteiger partial charge in [0.15, 0.2) is 0 Å². The van der Waals surface area contributed by atoms with Gasteiger partial charge in [0.1, 0.15) is 94.7 Å². The fourth-order valence-corrected chi connectivity index (χ4v) is 23.4. The van der Waals surface area contributed by atoms with Gasteiger partial charge in [-0.25, -0.2) is 22.8 Å². The Kier molecular flexibility index (Phi) is 29.1. The molecular formula is C85H86N4O17P6. The van der Waals surface area contributed by atoms with Crippen LogP contribution in [0.3, 0.4) is 0 Å². The first-order valence-corrected chi connectivity index (χ1v) is 46.8. The highest BCUT2D eigenvalue weighted by Gasteiger charge is 2.42. The van der Waals surface area contributed by atoms with Crippen LogP contribution in [0.1, 0.15) is 5.56 Å². The van der Waals surface area contributed by atoms with Crippen molar-refractivity contribution in [2.75, 3.05) is 77.0 Å². The third kappa shape index (κ3) is 26.7. The van der Waals surface area contributed by atoms with Gasteiger partial charge in [-0.15, -0.1) is 0 Å². The Morgan fingerprint density at radius 2 is 0.312 bits per heavy atom. The lowest BCUT2D eigenvalue weighted by Gasteiger charge is -2.35. The van der Waals surface area contributed by atoms with Gasteiger partial charge in [0.05, 0.1) is 12.4 Å². The van der Waals surface area contributed by atoms with Crippen LogP contribution >= 0.6 is 45.3 Å². The van der Waals surface area contributed by atoms with E-state index in [1.165, 1.54) is 0 Å². The van der Waals surface area contributed by atoms with Crippen LogP contribution in [0.25, 0.3) is 0 Å². The molecular weight excluding hydrogens is 1530 g/mol. The molecule has 0 heterocycles. The summed E-state index contributed by atoms with van der Waals surface area (Å²) >= 11 is 0. The second-order valence-electron chi connectivity index (χ2n) is 25.8. The Labute approximate surface area is 654 Å². The van der Waals surface area contributed by atoms with Crippen molar-refractivity contribution in [2.45, 2.75) is 6.16 Å². The molecule has 0 aliphatic rings. The molecule has 0 aliphatic carbocycles. The summed E-state index contributed by atoms with van der Waals surface area (Å²) in [6.07, 6.45) is -3.00. The molecule has 578 valence electrons. The molecule has 12 rings (SSSR count). The smallest absolute Gasteiger partial charge is 0.442 e. The Morgan fingerprint density at radius 1 is 0.170 bits per heavy atom. The highest BCUT2D eigenvalue weighted by Crippen LogP contribution is 2.58. The lowest BCUT2D eigenvalue weighted by molar-refractivity contribution is 0.176. The van der Waals surface area contributed by atoms with Gasteiger partial charge in [0, 0.05) is 39.3 Å². The van der Waals surface area contributed by atoms with Gasteiger partial charge in [0.2, 0.25) is 0 Å². The average Bonchev–Trinajstić information content (AvgIpc) is 0.828. The number of hydrogen-bond acceptors (Lipinski definition) is 21. The third-order valence-electron chi connectivity index (χ3n) is 16.6. The molecule has 12 aromatic rings.